The monoisotopic (exact) mass is 235 g/mol. The molecule has 1 aliphatic rings. The maximum Gasteiger partial charge on any atom is 0.224 e. The van der Waals surface area contributed by atoms with Gasteiger partial charge in [-0.3, -0.25) is 4.79 Å². The molecule has 92 valence electrons. The van der Waals surface area contributed by atoms with Gasteiger partial charge in [-0.25, -0.2) is 4.98 Å². The van der Waals surface area contributed by atoms with Crippen LogP contribution in [0.25, 0.3) is 0 Å². The molecule has 0 aromatic carbocycles. The van der Waals surface area contributed by atoms with Gasteiger partial charge >= 0.3 is 0 Å². The maximum absolute atomic E-state index is 11.6. The third-order valence-electron chi connectivity index (χ3n) is 2.65. The van der Waals surface area contributed by atoms with Crippen molar-refractivity contribution >= 4 is 11.6 Å². The van der Waals surface area contributed by atoms with Gasteiger partial charge in [0.25, 0.3) is 0 Å². The molecule has 0 bridgehead atoms. The molecule has 0 atom stereocenters. The number of ether oxygens (including phenoxy) is 1. The predicted octanol–water partition coefficient (Wildman–Crippen LogP) is 1.03. The van der Waals surface area contributed by atoms with Crippen LogP contribution in [0, 0.1) is 5.92 Å². The number of amides is 1. The van der Waals surface area contributed by atoms with E-state index >= 15 is 0 Å². The van der Waals surface area contributed by atoms with Crippen LogP contribution in [0.3, 0.4) is 0 Å². The number of pyridine rings is 1. The molecular weight excluding hydrogens is 218 g/mol. The Bertz CT molecular complexity index is 374. The van der Waals surface area contributed by atoms with Crippen molar-refractivity contribution in [2.75, 3.05) is 25.0 Å². The molecule has 1 aromatic rings. The molecule has 0 radical (unpaired) electrons. The summed E-state index contributed by atoms with van der Waals surface area (Å²) in [5, 5.41) is 5.97. The standard InChI is InChI=1S/C12H17N3O2/c1-2-17-12-4-3-10(8-14-12)15-11(16)5-9-6-13-7-9/h3-4,8-9,13H,2,5-7H2,1H3,(H,15,16). The zero-order chi connectivity index (χ0) is 12.1. The van der Waals surface area contributed by atoms with Crippen LogP contribution >= 0.6 is 0 Å². The molecule has 2 N–H and O–H groups in total. The average Bonchev–Trinajstić information content (AvgIpc) is 2.27. The number of carbonyl (C=O) groups is 1. The largest absolute Gasteiger partial charge is 0.478 e. The summed E-state index contributed by atoms with van der Waals surface area (Å²) < 4.78 is 5.22. The Kier molecular flexibility index (Phi) is 3.93. The molecule has 0 unspecified atom stereocenters. The Labute approximate surface area is 101 Å². The highest BCUT2D eigenvalue weighted by Gasteiger charge is 2.19. The molecule has 0 spiro atoms. The molecule has 17 heavy (non-hydrogen) atoms. The lowest BCUT2D eigenvalue weighted by molar-refractivity contribution is -0.117. The molecule has 1 aliphatic heterocycles. The molecule has 2 heterocycles. The van der Waals surface area contributed by atoms with Crippen LogP contribution in [-0.4, -0.2) is 30.6 Å². The number of nitrogens with one attached hydrogen (secondary N) is 2. The van der Waals surface area contributed by atoms with Gasteiger partial charge in [0.2, 0.25) is 11.8 Å². The van der Waals surface area contributed by atoms with Crippen molar-refractivity contribution in [3.63, 3.8) is 0 Å². The van der Waals surface area contributed by atoms with Crippen LogP contribution in [0.5, 0.6) is 5.88 Å². The van der Waals surface area contributed by atoms with Crippen LogP contribution < -0.4 is 15.4 Å². The SMILES string of the molecule is CCOc1ccc(NC(=O)CC2CNC2)cn1. The van der Waals surface area contributed by atoms with Crippen LogP contribution in [0.4, 0.5) is 5.69 Å². The lowest BCUT2D eigenvalue weighted by Gasteiger charge is -2.26. The number of carbonyl (C=O) groups excluding carboxylic acids is 1. The van der Waals surface area contributed by atoms with Crippen molar-refractivity contribution in [3.05, 3.63) is 18.3 Å². The van der Waals surface area contributed by atoms with Gasteiger partial charge in [0.05, 0.1) is 18.5 Å². The van der Waals surface area contributed by atoms with E-state index in [0.29, 0.717) is 30.5 Å². The number of anilines is 1. The summed E-state index contributed by atoms with van der Waals surface area (Å²) in [6.07, 6.45) is 2.18. The molecule has 1 amide bonds. The van der Waals surface area contributed by atoms with Gasteiger partial charge in [-0.2, -0.15) is 0 Å². The summed E-state index contributed by atoms with van der Waals surface area (Å²) >= 11 is 0. The van der Waals surface area contributed by atoms with Crippen LogP contribution in [-0.2, 0) is 4.79 Å². The molecule has 1 saturated heterocycles. The molecule has 5 nitrogen and oxygen atoms in total. The first-order valence-corrected chi connectivity index (χ1v) is 5.87. The fraction of sp³-hybridized carbons (Fsp3) is 0.500. The molecule has 0 aliphatic carbocycles. The zero-order valence-electron chi connectivity index (χ0n) is 9.90. The second-order valence-corrected chi connectivity index (χ2v) is 4.09. The third-order valence-corrected chi connectivity index (χ3v) is 2.65. The van der Waals surface area contributed by atoms with Gasteiger partial charge in [0.15, 0.2) is 0 Å². The number of hydrogen-bond acceptors (Lipinski definition) is 4. The van der Waals surface area contributed by atoms with E-state index in [1.807, 2.05) is 6.92 Å². The van der Waals surface area contributed by atoms with Gasteiger partial charge in [-0.1, -0.05) is 0 Å². The molecule has 5 heteroatoms. The second kappa shape index (κ2) is 5.63. The number of hydrogen-bond donors (Lipinski definition) is 2. The average molecular weight is 235 g/mol. The van der Waals surface area contributed by atoms with E-state index in [1.54, 1.807) is 18.3 Å². The summed E-state index contributed by atoms with van der Waals surface area (Å²) in [6.45, 7) is 4.38. The van der Waals surface area contributed by atoms with E-state index in [2.05, 4.69) is 15.6 Å². The third kappa shape index (κ3) is 3.42. The zero-order valence-corrected chi connectivity index (χ0v) is 9.90. The van der Waals surface area contributed by atoms with E-state index in [-0.39, 0.29) is 5.91 Å². The molecule has 2 rings (SSSR count). The van der Waals surface area contributed by atoms with Crippen molar-refractivity contribution in [2.45, 2.75) is 13.3 Å². The minimum absolute atomic E-state index is 0.0439. The van der Waals surface area contributed by atoms with Crippen molar-refractivity contribution in [3.8, 4) is 5.88 Å². The molecule has 1 aromatic heterocycles. The van der Waals surface area contributed by atoms with Gasteiger partial charge in [-0.15, -0.1) is 0 Å². The van der Waals surface area contributed by atoms with Crippen LogP contribution in [0.15, 0.2) is 18.3 Å². The highest BCUT2D eigenvalue weighted by Crippen LogP contribution is 2.14. The van der Waals surface area contributed by atoms with E-state index < -0.39 is 0 Å². The second-order valence-electron chi connectivity index (χ2n) is 4.09. The summed E-state index contributed by atoms with van der Waals surface area (Å²) in [7, 11) is 0. The lowest BCUT2D eigenvalue weighted by Crippen LogP contribution is -2.43. The van der Waals surface area contributed by atoms with Crippen molar-refractivity contribution < 1.29 is 9.53 Å². The van der Waals surface area contributed by atoms with E-state index in [1.165, 1.54) is 0 Å². The van der Waals surface area contributed by atoms with Gasteiger partial charge in [0, 0.05) is 12.5 Å². The van der Waals surface area contributed by atoms with Gasteiger partial charge < -0.3 is 15.4 Å². The van der Waals surface area contributed by atoms with Crippen molar-refractivity contribution in [1.82, 2.24) is 10.3 Å². The van der Waals surface area contributed by atoms with Gasteiger partial charge in [-0.05, 0) is 32.0 Å². The predicted molar refractivity (Wildman–Crippen MR) is 65.0 cm³/mol. The fourth-order valence-corrected chi connectivity index (χ4v) is 1.65. The smallest absolute Gasteiger partial charge is 0.224 e. The summed E-state index contributed by atoms with van der Waals surface area (Å²) in [5.74, 6) is 1.10. The van der Waals surface area contributed by atoms with E-state index in [4.69, 9.17) is 4.74 Å². The Morgan fingerprint density at radius 2 is 2.41 bits per heavy atom. The van der Waals surface area contributed by atoms with Crippen LogP contribution in [0.1, 0.15) is 13.3 Å². The maximum atomic E-state index is 11.6. The lowest BCUT2D eigenvalue weighted by atomic mass is 9.99. The first-order chi connectivity index (χ1) is 8.28. The van der Waals surface area contributed by atoms with Crippen LogP contribution in [0.2, 0.25) is 0 Å². The van der Waals surface area contributed by atoms with Gasteiger partial charge in [0.1, 0.15) is 0 Å². The Hall–Kier alpha value is -1.62. The van der Waals surface area contributed by atoms with Crippen molar-refractivity contribution in [1.29, 1.82) is 0 Å². The summed E-state index contributed by atoms with van der Waals surface area (Å²) in [5.41, 5.74) is 0.714. The normalized spacial score (nSPS) is 15.1. The fourth-order valence-electron chi connectivity index (χ4n) is 1.65. The molecule has 0 saturated carbocycles. The quantitative estimate of drug-likeness (QED) is 0.800. The van der Waals surface area contributed by atoms with Crippen molar-refractivity contribution in [2.24, 2.45) is 5.92 Å². The number of rotatable bonds is 5. The van der Waals surface area contributed by atoms with E-state index in [9.17, 15) is 4.79 Å². The minimum Gasteiger partial charge on any atom is -0.478 e. The molecular formula is C12H17N3O2. The summed E-state index contributed by atoms with van der Waals surface area (Å²) in [6, 6.07) is 3.55. The van der Waals surface area contributed by atoms with E-state index in [0.717, 1.165) is 13.1 Å². The molecule has 1 fully saturated rings. The highest BCUT2D eigenvalue weighted by molar-refractivity contribution is 5.90. The topological polar surface area (TPSA) is 63.2 Å². The Balaban J connectivity index is 1.82. The Morgan fingerprint density at radius 3 is 2.94 bits per heavy atom. The highest BCUT2D eigenvalue weighted by atomic mass is 16.5. The number of aromatic nitrogens is 1. The summed E-state index contributed by atoms with van der Waals surface area (Å²) in [4.78, 5) is 15.7. The Morgan fingerprint density at radius 1 is 1.59 bits per heavy atom. The number of nitrogens with zero attached hydrogens (tertiary/aromatic N) is 1. The minimum atomic E-state index is 0.0439. The first-order valence-electron chi connectivity index (χ1n) is 5.87. The first kappa shape index (κ1) is 11.9.